The molecule has 0 amide bonds. The fourth-order valence-corrected chi connectivity index (χ4v) is 3.74. The molecule has 0 aliphatic carbocycles. The minimum Gasteiger partial charge on any atom is -0.478 e. The highest BCUT2D eigenvalue weighted by molar-refractivity contribution is 7.14. The van der Waals surface area contributed by atoms with Crippen LogP contribution in [0.4, 0.5) is 13.2 Å². The van der Waals surface area contributed by atoms with Crippen LogP contribution in [0.2, 0.25) is 0 Å². The Balaban J connectivity index is 2.04. The number of aromatic carboxylic acids is 1. The minimum absolute atomic E-state index is 0.109. The first-order valence-electron chi connectivity index (χ1n) is 7.14. The van der Waals surface area contributed by atoms with E-state index in [-0.39, 0.29) is 5.56 Å². The van der Waals surface area contributed by atoms with Crippen LogP contribution in [0.3, 0.4) is 0 Å². The van der Waals surface area contributed by atoms with E-state index >= 15 is 0 Å². The normalized spacial score (nSPS) is 12.3. The fourth-order valence-electron chi connectivity index (χ4n) is 2.85. The third-order valence-electron chi connectivity index (χ3n) is 3.89. The van der Waals surface area contributed by atoms with Crippen molar-refractivity contribution in [2.75, 3.05) is 0 Å². The SMILES string of the molecule is Cn1cc2c3cc(C(=O)O)ccc3n(-c3ccc(C(F)(F)F)s3)c2n1. The lowest BCUT2D eigenvalue weighted by atomic mass is 10.1. The van der Waals surface area contributed by atoms with Gasteiger partial charge in [-0.2, -0.15) is 18.3 Å². The molecule has 0 atom stereocenters. The number of carbonyl (C=O) groups is 1. The van der Waals surface area contributed by atoms with Gasteiger partial charge >= 0.3 is 12.1 Å². The summed E-state index contributed by atoms with van der Waals surface area (Å²) in [6, 6.07) is 6.96. The van der Waals surface area contributed by atoms with Crippen molar-refractivity contribution in [2.45, 2.75) is 6.18 Å². The van der Waals surface area contributed by atoms with E-state index in [0.29, 0.717) is 38.3 Å². The summed E-state index contributed by atoms with van der Waals surface area (Å²) in [5.41, 5.74) is 1.20. The number of halogens is 3. The van der Waals surface area contributed by atoms with E-state index in [0.717, 1.165) is 6.07 Å². The monoisotopic (exact) mass is 365 g/mol. The van der Waals surface area contributed by atoms with E-state index in [1.165, 1.54) is 18.2 Å². The molecule has 25 heavy (non-hydrogen) atoms. The molecule has 0 aliphatic rings. The van der Waals surface area contributed by atoms with Crippen molar-refractivity contribution in [2.24, 2.45) is 7.05 Å². The van der Waals surface area contributed by atoms with Crippen molar-refractivity contribution in [3.05, 3.63) is 47.0 Å². The van der Waals surface area contributed by atoms with Crippen LogP contribution in [0.5, 0.6) is 0 Å². The fraction of sp³-hybridized carbons (Fsp3) is 0.125. The predicted molar refractivity (Wildman–Crippen MR) is 87.4 cm³/mol. The summed E-state index contributed by atoms with van der Waals surface area (Å²) in [4.78, 5) is 10.5. The van der Waals surface area contributed by atoms with Crippen LogP contribution >= 0.6 is 11.3 Å². The molecule has 9 heteroatoms. The van der Waals surface area contributed by atoms with Gasteiger partial charge in [0.15, 0.2) is 5.65 Å². The Morgan fingerprint density at radius 2 is 1.96 bits per heavy atom. The lowest BCUT2D eigenvalue weighted by Crippen LogP contribution is -2.00. The van der Waals surface area contributed by atoms with Crippen LogP contribution in [-0.2, 0) is 13.2 Å². The van der Waals surface area contributed by atoms with Gasteiger partial charge in [-0.05, 0) is 30.3 Å². The zero-order valence-corrected chi connectivity index (χ0v) is 13.5. The maximum Gasteiger partial charge on any atom is 0.425 e. The maximum absolute atomic E-state index is 12.9. The number of aryl methyl sites for hydroxylation is 1. The summed E-state index contributed by atoms with van der Waals surface area (Å²) in [6.45, 7) is 0. The van der Waals surface area contributed by atoms with E-state index < -0.39 is 17.0 Å². The van der Waals surface area contributed by atoms with Crippen LogP contribution < -0.4 is 0 Å². The topological polar surface area (TPSA) is 60.1 Å². The van der Waals surface area contributed by atoms with Crippen molar-refractivity contribution >= 4 is 39.2 Å². The Morgan fingerprint density at radius 3 is 2.60 bits per heavy atom. The quantitative estimate of drug-likeness (QED) is 0.576. The first-order chi connectivity index (χ1) is 11.8. The standard InChI is InChI=1S/C16H10F3N3O2S/c1-21-7-10-9-6-8(15(23)24)2-3-11(9)22(14(10)20-21)13-5-4-12(25-13)16(17,18)19/h2-7H,1H3,(H,23,24). The Hall–Kier alpha value is -2.81. The van der Waals surface area contributed by atoms with Crippen LogP contribution in [0.15, 0.2) is 36.5 Å². The molecule has 4 rings (SSSR count). The van der Waals surface area contributed by atoms with Gasteiger partial charge in [0.2, 0.25) is 0 Å². The molecule has 1 N–H and O–H groups in total. The van der Waals surface area contributed by atoms with Gasteiger partial charge in [0.05, 0.1) is 11.1 Å². The summed E-state index contributed by atoms with van der Waals surface area (Å²) < 4.78 is 42.0. The van der Waals surface area contributed by atoms with Crippen molar-refractivity contribution in [3.63, 3.8) is 0 Å². The summed E-state index contributed by atoms with van der Waals surface area (Å²) in [5, 5.41) is 15.2. The molecule has 3 aromatic heterocycles. The van der Waals surface area contributed by atoms with E-state index in [9.17, 15) is 23.1 Å². The number of fused-ring (bicyclic) bond motifs is 3. The summed E-state index contributed by atoms with van der Waals surface area (Å²) in [7, 11) is 1.70. The Labute approximate surface area is 142 Å². The van der Waals surface area contributed by atoms with Gasteiger partial charge < -0.3 is 5.11 Å². The van der Waals surface area contributed by atoms with Crippen LogP contribution in [0.1, 0.15) is 15.2 Å². The molecule has 4 aromatic rings. The van der Waals surface area contributed by atoms with E-state index in [1.54, 1.807) is 28.6 Å². The smallest absolute Gasteiger partial charge is 0.425 e. The largest absolute Gasteiger partial charge is 0.478 e. The molecule has 0 fully saturated rings. The van der Waals surface area contributed by atoms with Gasteiger partial charge in [-0.1, -0.05) is 0 Å². The zero-order valence-electron chi connectivity index (χ0n) is 12.7. The van der Waals surface area contributed by atoms with Crippen molar-refractivity contribution in [1.82, 2.24) is 14.3 Å². The Kier molecular flexibility index (Phi) is 3.20. The third-order valence-corrected chi connectivity index (χ3v) is 5.00. The predicted octanol–water partition coefficient (Wildman–Crippen LogP) is 4.30. The highest BCUT2D eigenvalue weighted by Crippen LogP contribution is 2.39. The molecule has 0 saturated heterocycles. The van der Waals surface area contributed by atoms with Crippen molar-refractivity contribution < 1.29 is 23.1 Å². The highest BCUT2D eigenvalue weighted by atomic mass is 32.1. The lowest BCUT2D eigenvalue weighted by Gasteiger charge is -2.04. The highest BCUT2D eigenvalue weighted by Gasteiger charge is 2.33. The molecule has 128 valence electrons. The van der Waals surface area contributed by atoms with Gasteiger partial charge in [-0.15, -0.1) is 11.3 Å². The first kappa shape index (κ1) is 15.7. The molecule has 0 bridgehead atoms. The summed E-state index contributed by atoms with van der Waals surface area (Å²) in [6.07, 6.45) is -2.69. The number of alkyl halides is 3. The molecule has 3 heterocycles. The number of rotatable bonds is 2. The summed E-state index contributed by atoms with van der Waals surface area (Å²) in [5.74, 6) is -1.07. The molecular weight excluding hydrogens is 355 g/mol. The minimum atomic E-state index is -4.41. The number of carboxylic acids is 1. The second-order valence-corrected chi connectivity index (χ2v) is 6.61. The number of nitrogens with zero attached hydrogens (tertiary/aromatic N) is 3. The number of hydrogen-bond acceptors (Lipinski definition) is 3. The van der Waals surface area contributed by atoms with Gasteiger partial charge in [-0.25, -0.2) is 4.79 Å². The van der Waals surface area contributed by atoms with E-state index in [4.69, 9.17) is 0 Å². The van der Waals surface area contributed by atoms with Gasteiger partial charge in [-0.3, -0.25) is 9.25 Å². The molecule has 1 aromatic carbocycles. The second-order valence-electron chi connectivity index (χ2n) is 5.55. The van der Waals surface area contributed by atoms with E-state index in [1.807, 2.05) is 0 Å². The second kappa shape index (κ2) is 5.09. The molecule has 0 spiro atoms. The number of carboxylic acid groups (broad SMARTS) is 1. The number of aromatic nitrogens is 3. The molecule has 0 saturated carbocycles. The van der Waals surface area contributed by atoms with Gasteiger partial charge in [0.25, 0.3) is 0 Å². The average molecular weight is 365 g/mol. The maximum atomic E-state index is 12.9. The van der Waals surface area contributed by atoms with Crippen LogP contribution in [0.25, 0.3) is 26.9 Å². The molecule has 0 radical (unpaired) electrons. The number of hydrogen-bond donors (Lipinski definition) is 1. The van der Waals surface area contributed by atoms with Crippen molar-refractivity contribution in [1.29, 1.82) is 0 Å². The molecule has 5 nitrogen and oxygen atoms in total. The molecular formula is C16H10F3N3O2S. The van der Waals surface area contributed by atoms with Crippen LogP contribution in [-0.4, -0.2) is 25.4 Å². The molecule has 0 aliphatic heterocycles. The summed E-state index contributed by atoms with van der Waals surface area (Å²) >= 11 is 0.619. The zero-order chi connectivity index (χ0) is 17.9. The Bertz CT molecular complexity index is 1140. The lowest BCUT2D eigenvalue weighted by molar-refractivity contribution is -0.134. The van der Waals surface area contributed by atoms with E-state index in [2.05, 4.69) is 5.10 Å². The number of benzene rings is 1. The van der Waals surface area contributed by atoms with Crippen LogP contribution in [0, 0.1) is 0 Å². The average Bonchev–Trinajstić information content (AvgIpc) is 3.19. The van der Waals surface area contributed by atoms with Gasteiger partial charge in [0.1, 0.15) is 9.88 Å². The van der Waals surface area contributed by atoms with Crippen molar-refractivity contribution in [3.8, 4) is 5.00 Å². The molecule has 0 unspecified atom stereocenters. The third kappa shape index (κ3) is 2.39. The number of thiophene rings is 1. The Morgan fingerprint density at radius 1 is 1.20 bits per heavy atom. The first-order valence-corrected chi connectivity index (χ1v) is 7.96. The van der Waals surface area contributed by atoms with Gasteiger partial charge in [0, 0.05) is 24.0 Å².